The molecule has 0 amide bonds. The summed E-state index contributed by atoms with van der Waals surface area (Å²) in [7, 11) is 0. The van der Waals surface area contributed by atoms with Crippen molar-refractivity contribution < 1.29 is 43.9 Å². The summed E-state index contributed by atoms with van der Waals surface area (Å²) in [6.45, 7) is 1.12. The van der Waals surface area contributed by atoms with Gasteiger partial charge in [-0.3, -0.25) is 4.68 Å². The van der Waals surface area contributed by atoms with E-state index in [0.717, 1.165) is 0 Å². The fourth-order valence-electron chi connectivity index (χ4n) is 2.75. The third kappa shape index (κ3) is 6.02. The summed E-state index contributed by atoms with van der Waals surface area (Å²) in [5.41, 5.74) is 2.83. The van der Waals surface area contributed by atoms with E-state index in [4.69, 9.17) is 5.73 Å². The molecule has 13 heteroatoms. The average Bonchev–Trinajstić information content (AvgIpc) is 2.92. The highest BCUT2D eigenvalue weighted by atomic mass is 19.4. The SMILES string of the molecule is Cc1cc(Cn2cc(C(F)(F)CC(F)(F)F)c(C(F)(F)CC(F)(F)F)n2)ccc1N. The quantitative estimate of drug-likeness (QED) is 0.439. The summed E-state index contributed by atoms with van der Waals surface area (Å²) >= 11 is 0. The summed E-state index contributed by atoms with van der Waals surface area (Å²) in [6, 6.07) is 4.23. The van der Waals surface area contributed by atoms with Crippen LogP contribution in [0.1, 0.15) is 35.2 Å². The van der Waals surface area contributed by atoms with Crippen LogP contribution in [-0.2, 0) is 18.4 Å². The largest absolute Gasteiger partial charge is 0.399 e. The highest BCUT2D eigenvalue weighted by Crippen LogP contribution is 2.46. The second-order valence-corrected chi connectivity index (χ2v) is 6.77. The van der Waals surface area contributed by atoms with E-state index in [0.29, 0.717) is 21.5 Å². The molecule has 2 aromatic rings. The molecular weight excluding hydrogens is 436 g/mol. The molecule has 0 aliphatic rings. The monoisotopic (exact) mass is 451 g/mol. The zero-order valence-corrected chi connectivity index (χ0v) is 15.2. The Balaban J connectivity index is 2.53. The van der Waals surface area contributed by atoms with Gasteiger partial charge in [-0.1, -0.05) is 12.1 Å². The number of anilines is 1. The van der Waals surface area contributed by atoms with Crippen LogP contribution < -0.4 is 5.73 Å². The van der Waals surface area contributed by atoms with Crippen LogP contribution in [0.25, 0.3) is 0 Å². The molecule has 2 N–H and O–H groups in total. The van der Waals surface area contributed by atoms with Crippen molar-refractivity contribution in [2.45, 2.75) is 50.5 Å². The Morgan fingerprint density at radius 1 is 0.867 bits per heavy atom. The van der Waals surface area contributed by atoms with Gasteiger partial charge in [-0.2, -0.15) is 40.2 Å². The number of rotatable bonds is 6. The smallest absolute Gasteiger partial charge is 0.395 e. The highest BCUT2D eigenvalue weighted by molar-refractivity contribution is 5.47. The molecule has 0 unspecified atom stereocenters. The molecular formula is C17H15F10N3. The minimum atomic E-state index is -5.47. The molecule has 0 radical (unpaired) electrons. The van der Waals surface area contributed by atoms with Gasteiger partial charge in [0.15, 0.2) is 0 Å². The molecule has 3 nitrogen and oxygen atoms in total. The van der Waals surface area contributed by atoms with Crippen LogP contribution in [0.15, 0.2) is 24.4 Å². The van der Waals surface area contributed by atoms with Crippen molar-refractivity contribution in [3.05, 3.63) is 46.8 Å². The summed E-state index contributed by atoms with van der Waals surface area (Å²) in [5, 5.41) is 3.10. The lowest BCUT2D eigenvalue weighted by Crippen LogP contribution is -2.30. The van der Waals surface area contributed by atoms with Gasteiger partial charge in [-0.15, -0.1) is 0 Å². The molecule has 1 heterocycles. The average molecular weight is 451 g/mol. The molecule has 0 aliphatic heterocycles. The van der Waals surface area contributed by atoms with Crippen molar-refractivity contribution in [1.82, 2.24) is 9.78 Å². The number of aryl methyl sites for hydroxylation is 1. The number of aromatic nitrogens is 2. The lowest BCUT2D eigenvalue weighted by molar-refractivity contribution is -0.200. The van der Waals surface area contributed by atoms with Gasteiger partial charge in [0.1, 0.15) is 18.5 Å². The third-order valence-electron chi connectivity index (χ3n) is 4.03. The molecule has 0 fully saturated rings. The van der Waals surface area contributed by atoms with E-state index < -0.39 is 54.8 Å². The number of nitrogens with two attached hydrogens (primary N) is 1. The van der Waals surface area contributed by atoms with Crippen LogP contribution in [-0.4, -0.2) is 22.1 Å². The maximum atomic E-state index is 14.1. The molecule has 30 heavy (non-hydrogen) atoms. The predicted molar refractivity (Wildman–Crippen MR) is 86.1 cm³/mol. The first-order valence-corrected chi connectivity index (χ1v) is 8.22. The van der Waals surface area contributed by atoms with E-state index >= 15 is 0 Å². The molecule has 1 aromatic heterocycles. The van der Waals surface area contributed by atoms with E-state index in [9.17, 15) is 43.9 Å². The first-order chi connectivity index (χ1) is 13.4. The maximum Gasteiger partial charge on any atom is 0.395 e. The molecule has 0 bridgehead atoms. The molecule has 2 rings (SSSR count). The van der Waals surface area contributed by atoms with Gasteiger partial charge < -0.3 is 5.73 Å². The lowest BCUT2D eigenvalue weighted by atomic mass is 10.0. The summed E-state index contributed by atoms with van der Waals surface area (Å²) < 4.78 is 132. The molecule has 0 atom stereocenters. The first-order valence-electron chi connectivity index (χ1n) is 8.22. The zero-order valence-electron chi connectivity index (χ0n) is 15.2. The van der Waals surface area contributed by atoms with E-state index in [-0.39, 0.29) is 6.20 Å². The third-order valence-corrected chi connectivity index (χ3v) is 4.03. The standard InChI is InChI=1S/C17H15F10N3/c1-9-4-10(2-3-12(9)28)5-30-6-11(14(18,19)7-16(22,23)24)13(29-30)15(20,21)8-17(25,26)27/h2-4,6H,5,7-8,28H2,1H3. The Labute approximate surface area is 163 Å². The van der Waals surface area contributed by atoms with Crippen LogP contribution in [0.4, 0.5) is 49.6 Å². The number of hydrogen-bond donors (Lipinski definition) is 1. The number of alkyl halides is 10. The minimum Gasteiger partial charge on any atom is -0.399 e. The fraction of sp³-hybridized carbons (Fsp3) is 0.471. The second kappa shape index (κ2) is 7.65. The number of nitrogens with zero attached hydrogens (tertiary/aromatic N) is 2. The molecule has 0 spiro atoms. The van der Waals surface area contributed by atoms with E-state index in [1.165, 1.54) is 18.2 Å². The minimum absolute atomic E-state index is 0.205. The lowest BCUT2D eigenvalue weighted by Gasteiger charge is -2.22. The summed E-state index contributed by atoms with van der Waals surface area (Å²) in [6.07, 6.45) is -16.4. The zero-order chi connectivity index (χ0) is 23.1. The van der Waals surface area contributed by atoms with Gasteiger partial charge >= 0.3 is 18.3 Å². The van der Waals surface area contributed by atoms with E-state index in [1.54, 1.807) is 6.92 Å². The van der Waals surface area contributed by atoms with Crippen LogP contribution in [0.2, 0.25) is 0 Å². The molecule has 168 valence electrons. The number of nitrogen functional groups attached to an aromatic ring is 1. The van der Waals surface area contributed by atoms with Gasteiger partial charge in [0, 0.05) is 11.9 Å². The molecule has 0 saturated carbocycles. The van der Waals surface area contributed by atoms with Crippen molar-refractivity contribution in [3.63, 3.8) is 0 Å². The number of halogens is 10. The van der Waals surface area contributed by atoms with Gasteiger partial charge in [0.25, 0.3) is 5.92 Å². The van der Waals surface area contributed by atoms with Gasteiger partial charge in [0.05, 0.1) is 12.1 Å². The Morgan fingerprint density at radius 2 is 1.40 bits per heavy atom. The van der Waals surface area contributed by atoms with Crippen molar-refractivity contribution >= 4 is 5.69 Å². The first kappa shape index (κ1) is 23.8. The molecule has 0 aliphatic carbocycles. The van der Waals surface area contributed by atoms with Crippen LogP contribution in [0, 0.1) is 6.92 Å². The number of benzene rings is 1. The van der Waals surface area contributed by atoms with Crippen LogP contribution in [0.5, 0.6) is 0 Å². The van der Waals surface area contributed by atoms with Crippen molar-refractivity contribution in [3.8, 4) is 0 Å². The number of hydrogen-bond acceptors (Lipinski definition) is 2. The van der Waals surface area contributed by atoms with E-state index in [2.05, 4.69) is 5.10 Å². The topological polar surface area (TPSA) is 43.8 Å². The molecule has 0 saturated heterocycles. The Kier molecular flexibility index (Phi) is 6.07. The van der Waals surface area contributed by atoms with E-state index in [1.807, 2.05) is 0 Å². The normalized spacial score (nSPS) is 13.7. The van der Waals surface area contributed by atoms with Crippen molar-refractivity contribution in [2.24, 2.45) is 0 Å². The van der Waals surface area contributed by atoms with Crippen LogP contribution >= 0.6 is 0 Å². The van der Waals surface area contributed by atoms with Crippen molar-refractivity contribution in [1.29, 1.82) is 0 Å². The Bertz CT molecular complexity index is 851. The van der Waals surface area contributed by atoms with Gasteiger partial charge in [-0.25, -0.2) is 8.78 Å². The van der Waals surface area contributed by atoms with Crippen LogP contribution in [0.3, 0.4) is 0 Å². The second-order valence-electron chi connectivity index (χ2n) is 6.77. The van der Waals surface area contributed by atoms with Crippen molar-refractivity contribution in [2.75, 3.05) is 5.73 Å². The predicted octanol–water partition coefficient (Wildman–Crippen LogP) is 5.91. The van der Waals surface area contributed by atoms with Gasteiger partial charge in [0.2, 0.25) is 0 Å². The Hall–Kier alpha value is -2.47. The molecule has 1 aromatic carbocycles. The van der Waals surface area contributed by atoms with Gasteiger partial charge in [-0.05, 0) is 24.1 Å². The maximum absolute atomic E-state index is 14.1. The summed E-state index contributed by atoms with van der Waals surface area (Å²) in [4.78, 5) is 0. The summed E-state index contributed by atoms with van der Waals surface area (Å²) in [5.74, 6) is -9.89. The fourth-order valence-corrected chi connectivity index (χ4v) is 2.75. The Morgan fingerprint density at radius 3 is 1.90 bits per heavy atom. The highest BCUT2D eigenvalue weighted by Gasteiger charge is 2.54.